The normalized spacial score (nSPS) is 16.6. The zero-order valence-corrected chi connectivity index (χ0v) is 12.4. The van der Waals surface area contributed by atoms with Crippen molar-refractivity contribution < 1.29 is 9.90 Å². The lowest BCUT2D eigenvalue weighted by molar-refractivity contribution is -0.136. The number of hydrogen-bond donors (Lipinski definition) is 2. The number of thiazole rings is 1. The highest BCUT2D eigenvalue weighted by atomic mass is 32.1. The maximum Gasteiger partial charge on any atom is 0.309 e. The van der Waals surface area contributed by atoms with Gasteiger partial charge in [0.25, 0.3) is 0 Å². The molecule has 0 amide bonds. The van der Waals surface area contributed by atoms with E-state index in [0.717, 1.165) is 22.2 Å². The molecule has 2 aromatic heterocycles. The molecule has 1 saturated carbocycles. The SMILES string of the molecule is Cc1nc2scc(CC(=O)O)n2c1NC1CCCCC1. The number of anilines is 1. The standard InChI is InChI=1S/C14H19N3O2S/c1-9-13(16-10-5-3-2-4-6-10)17-11(7-12(18)19)8-20-14(17)15-9/h8,10,16H,2-7H2,1H3,(H,18,19). The third-order valence-electron chi connectivity index (χ3n) is 3.89. The van der Waals surface area contributed by atoms with Crippen LogP contribution in [0.4, 0.5) is 5.82 Å². The molecule has 20 heavy (non-hydrogen) atoms. The second-order valence-corrected chi connectivity index (χ2v) is 6.28. The van der Waals surface area contributed by atoms with Gasteiger partial charge in [-0.25, -0.2) is 4.98 Å². The molecular weight excluding hydrogens is 274 g/mol. The highest BCUT2D eigenvalue weighted by Gasteiger charge is 2.19. The van der Waals surface area contributed by atoms with Crippen LogP contribution in [0, 0.1) is 6.92 Å². The van der Waals surface area contributed by atoms with Gasteiger partial charge in [0.05, 0.1) is 12.1 Å². The number of carboxylic acids is 1. The Balaban J connectivity index is 1.93. The number of carbonyl (C=O) groups is 1. The van der Waals surface area contributed by atoms with E-state index in [2.05, 4.69) is 10.3 Å². The number of aliphatic carboxylic acids is 1. The molecule has 1 fully saturated rings. The van der Waals surface area contributed by atoms with E-state index in [1.807, 2.05) is 16.7 Å². The molecular formula is C14H19N3O2S. The van der Waals surface area contributed by atoms with Crippen LogP contribution in [0.25, 0.3) is 4.96 Å². The van der Waals surface area contributed by atoms with Gasteiger partial charge in [-0.1, -0.05) is 19.3 Å². The Labute approximate surface area is 121 Å². The number of nitrogens with zero attached hydrogens (tertiary/aromatic N) is 2. The number of rotatable bonds is 4. The topological polar surface area (TPSA) is 66.6 Å². The first-order valence-corrected chi connectivity index (χ1v) is 7.97. The van der Waals surface area contributed by atoms with Crippen molar-refractivity contribution >= 4 is 28.1 Å². The second-order valence-electron chi connectivity index (χ2n) is 5.44. The van der Waals surface area contributed by atoms with E-state index in [0.29, 0.717) is 6.04 Å². The van der Waals surface area contributed by atoms with Crippen molar-refractivity contribution in [3.05, 3.63) is 16.8 Å². The zero-order chi connectivity index (χ0) is 14.1. The molecule has 1 aliphatic rings. The summed E-state index contributed by atoms with van der Waals surface area (Å²) in [6, 6.07) is 0.486. The van der Waals surface area contributed by atoms with Gasteiger partial charge in [-0.3, -0.25) is 9.20 Å². The largest absolute Gasteiger partial charge is 0.481 e. The fourth-order valence-electron chi connectivity index (χ4n) is 2.91. The molecule has 0 aromatic carbocycles. The van der Waals surface area contributed by atoms with Crippen LogP contribution in [0.5, 0.6) is 0 Å². The van der Waals surface area contributed by atoms with Crippen LogP contribution >= 0.6 is 11.3 Å². The van der Waals surface area contributed by atoms with Gasteiger partial charge in [0, 0.05) is 17.1 Å². The summed E-state index contributed by atoms with van der Waals surface area (Å²) in [6.07, 6.45) is 6.27. The van der Waals surface area contributed by atoms with Crippen LogP contribution in [0.1, 0.15) is 43.5 Å². The summed E-state index contributed by atoms with van der Waals surface area (Å²) in [7, 11) is 0. The second kappa shape index (κ2) is 5.44. The quantitative estimate of drug-likeness (QED) is 0.909. The van der Waals surface area contributed by atoms with Crippen LogP contribution in [-0.2, 0) is 11.2 Å². The molecule has 0 bridgehead atoms. The maximum absolute atomic E-state index is 11.0. The molecule has 0 unspecified atom stereocenters. The van der Waals surface area contributed by atoms with Gasteiger partial charge in [0.1, 0.15) is 5.82 Å². The first-order chi connectivity index (χ1) is 9.65. The molecule has 108 valence electrons. The van der Waals surface area contributed by atoms with Crippen molar-refractivity contribution in [2.75, 3.05) is 5.32 Å². The summed E-state index contributed by atoms with van der Waals surface area (Å²) in [5.74, 6) is 0.170. The predicted molar refractivity (Wildman–Crippen MR) is 79.6 cm³/mol. The zero-order valence-electron chi connectivity index (χ0n) is 11.6. The highest BCUT2D eigenvalue weighted by Crippen LogP contribution is 2.28. The first kappa shape index (κ1) is 13.4. The average molecular weight is 293 g/mol. The number of aromatic nitrogens is 2. The summed E-state index contributed by atoms with van der Waals surface area (Å²) in [5, 5.41) is 14.5. The molecule has 0 atom stereocenters. The van der Waals surface area contributed by atoms with Gasteiger partial charge >= 0.3 is 5.97 Å². The Kier molecular flexibility index (Phi) is 3.65. The van der Waals surface area contributed by atoms with E-state index in [1.165, 1.54) is 43.4 Å². The van der Waals surface area contributed by atoms with E-state index < -0.39 is 5.97 Å². The lowest BCUT2D eigenvalue weighted by atomic mass is 9.95. The van der Waals surface area contributed by atoms with Crippen LogP contribution in [0.15, 0.2) is 5.38 Å². The molecule has 6 heteroatoms. The highest BCUT2D eigenvalue weighted by molar-refractivity contribution is 7.15. The molecule has 1 aliphatic carbocycles. The van der Waals surface area contributed by atoms with E-state index >= 15 is 0 Å². The fraction of sp³-hybridized carbons (Fsp3) is 0.571. The molecule has 0 spiro atoms. The molecule has 2 heterocycles. The van der Waals surface area contributed by atoms with Crippen molar-refractivity contribution in [1.29, 1.82) is 0 Å². The summed E-state index contributed by atoms with van der Waals surface area (Å²) >= 11 is 1.50. The summed E-state index contributed by atoms with van der Waals surface area (Å²) in [5.41, 5.74) is 1.76. The molecule has 5 nitrogen and oxygen atoms in total. The molecule has 3 rings (SSSR count). The van der Waals surface area contributed by atoms with Crippen molar-refractivity contribution in [3.63, 3.8) is 0 Å². The number of imidazole rings is 1. The van der Waals surface area contributed by atoms with Crippen LogP contribution in [0.3, 0.4) is 0 Å². The minimum atomic E-state index is -0.806. The minimum absolute atomic E-state index is 0.0369. The Morgan fingerprint density at radius 3 is 2.95 bits per heavy atom. The lowest BCUT2D eigenvalue weighted by Crippen LogP contribution is -2.23. The third kappa shape index (κ3) is 2.52. The Morgan fingerprint density at radius 1 is 1.50 bits per heavy atom. The number of nitrogens with one attached hydrogen (secondary N) is 1. The fourth-order valence-corrected chi connectivity index (χ4v) is 3.84. The molecule has 2 N–H and O–H groups in total. The Bertz CT molecular complexity index is 626. The number of carboxylic acid groups (broad SMARTS) is 1. The number of aryl methyl sites for hydroxylation is 1. The molecule has 0 aliphatic heterocycles. The first-order valence-electron chi connectivity index (χ1n) is 7.09. The van der Waals surface area contributed by atoms with Gasteiger partial charge < -0.3 is 10.4 Å². The van der Waals surface area contributed by atoms with Crippen molar-refractivity contribution in [1.82, 2.24) is 9.38 Å². The Morgan fingerprint density at radius 2 is 2.25 bits per heavy atom. The number of fused-ring (bicyclic) bond motifs is 1. The van der Waals surface area contributed by atoms with Gasteiger partial charge in [-0.15, -0.1) is 11.3 Å². The van der Waals surface area contributed by atoms with E-state index in [1.54, 1.807) is 0 Å². The van der Waals surface area contributed by atoms with Crippen LogP contribution in [-0.4, -0.2) is 26.5 Å². The molecule has 0 saturated heterocycles. The predicted octanol–water partition coefficient (Wildman–Crippen LogP) is 3.08. The third-order valence-corrected chi connectivity index (χ3v) is 4.76. The molecule has 0 radical (unpaired) electrons. The van der Waals surface area contributed by atoms with Crippen molar-refractivity contribution in [2.45, 2.75) is 51.5 Å². The average Bonchev–Trinajstić information content (AvgIpc) is 2.92. The summed E-state index contributed by atoms with van der Waals surface area (Å²) in [4.78, 5) is 16.4. The lowest BCUT2D eigenvalue weighted by Gasteiger charge is -2.23. The minimum Gasteiger partial charge on any atom is -0.481 e. The van der Waals surface area contributed by atoms with Gasteiger partial charge in [0.2, 0.25) is 0 Å². The number of hydrogen-bond acceptors (Lipinski definition) is 4. The van der Waals surface area contributed by atoms with Crippen LogP contribution < -0.4 is 5.32 Å². The molecule has 2 aromatic rings. The van der Waals surface area contributed by atoms with Gasteiger partial charge in [-0.2, -0.15) is 0 Å². The summed E-state index contributed by atoms with van der Waals surface area (Å²) in [6.45, 7) is 1.98. The smallest absolute Gasteiger partial charge is 0.309 e. The van der Waals surface area contributed by atoms with Crippen molar-refractivity contribution in [3.8, 4) is 0 Å². The van der Waals surface area contributed by atoms with E-state index in [4.69, 9.17) is 5.11 Å². The maximum atomic E-state index is 11.0. The summed E-state index contributed by atoms with van der Waals surface area (Å²) < 4.78 is 1.97. The van der Waals surface area contributed by atoms with E-state index in [-0.39, 0.29) is 6.42 Å². The monoisotopic (exact) mass is 293 g/mol. The van der Waals surface area contributed by atoms with Crippen LogP contribution in [0.2, 0.25) is 0 Å². The van der Waals surface area contributed by atoms with Crippen molar-refractivity contribution in [2.24, 2.45) is 0 Å². The van der Waals surface area contributed by atoms with E-state index in [9.17, 15) is 4.79 Å². The van der Waals surface area contributed by atoms with Gasteiger partial charge in [0.15, 0.2) is 4.96 Å². The van der Waals surface area contributed by atoms with Gasteiger partial charge in [-0.05, 0) is 19.8 Å². The Hall–Kier alpha value is -1.56.